The van der Waals surface area contributed by atoms with Crippen molar-refractivity contribution >= 4 is 27.7 Å². The van der Waals surface area contributed by atoms with Crippen LogP contribution in [0.3, 0.4) is 0 Å². The van der Waals surface area contributed by atoms with Gasteiger partial charge in [-0.1, -0.05) is 31.1 Å². The van der Waals surface area contributed by atoms with E-state index < -0.39 is 33.2 Å². The Morgan fingerprint density at radius 1 is 1.06 bits per heavy atom. The first kappa shape index (κ1) is 38.8. The van der Waals surface area contributed by atoms with E-state index >= 15 is 0 Å². The third-order valence-corrected chi connectivity index (χ3v) is 11.1. The normalized spacial score (nSPS) is 16.2. The van der Waals surface area contributed by atoms with Crippen LogP contribution in [0.5, 0.6) is 5.75 Å². The molecule has 0 unspecified atom stereocenters. The van der Waals surface area contributed by atoms with Gasteiger partial charge in [0.25, 0.3) is 11.8 Å². The van der Waals surface area contributed by atoms with Crippen molar-refractivity contribution in [2.75, 3.05) is 39.0 Å². The zero-order chi connectivity index (χ0) is 36.5. The number of amidine groups is 1. The zero-order valence-corrected chi connectivity index (χ0v) is 29.7. The summed E-state index contributed by atoms with van der Waals surface area (Å²) in [4.78, 5) is 32.4. The van der Waals surface area contributed by atoms with Gasteiger partial charge in [0.05, 0.1) is 17.9 Å². The van der Waals surface area contributed by atoms with Gasteiger partial charge in [-0.25, -0.2) is 12.7 Å². The second-order valence-corrected chi connectivity index (χ2v) is 15.0. The number of carbonyl (C=O) groups is 2. The monoisotopic (exact) mass is 716 g/mol. The molecular weight excluding hydrogens is 669 g/mol. The predicted molar refractivity (Wildman–Crippen MR) is 189 cm³/mol. The lowest BCUT2D eigenvalue weighted by atomic mass is 9.89. The van der Waals surface area contributed by atoms with Gasteiger partial charge >= 0.3 is 6.18 Å². The van der Waals surface area contributed by atoms with E-state index in [4.69, 9.17) is 4.74 Å². The third-order valence-electron chi connectivity index (χ3n) is 9.24. The topological polar surface area (TPSA) is 108 Å². The Morgan fingerprint density at radius 2 is 1.76 bits per heavy atom. The van der Waals surface area contributed by atoms with E-state index in [1.807, 2.05) is 13.0 Å². The molecule has 2 aromatic rings. The molecule has 1 N–H and O–H groups in total. The molecule has 0 aromatic heterocycles. The number of amides is 2. The molecule has 4 rings (SSSR count). The number of aliphatic imine (C=N–C) groups is 1. The minimum Gasteiger partial charge on any atom is -0.493 e. The van der Waals surface area contributed by atoms with E-state index in [1.165, 1.54) is 10.4 Å². The van der Waals surface area contributed by atoms with Gasteiger partial charge < -0.3 is 15.0 Å². The molecule has 13 heteroatoms. The molecule has 0 saturated carbocycles. The second kappa shape index (κ2) is 16.8. The van der Waals surface area contributed by atoms with E-state index in [2.05, 4.69) is 23.5 Å². The van der Waals surface area contributed by atoms with Crippen molar-refractivity contribution in [3.05, 3.63) is 89.5 Å². The molecule has 0 atom stereocenters. The number of ether oxygens (including phenoxy) is 1. The van der Waals surface area contributed by atoms with Crippen LogP contribution in [0.25, 0.3) is 0 Å². The van der Waals surface area contributed by atoms with Crippen LogP contribution in [-0.2, 0) is 27.4 Å². The quantitative estimate of drug-likeness (QED) is 0.149. The van der Waals surface area contributed by atoms with Crippen molar-refractivity contribution in [2.24, 2.45) is 4.99 Å². The van der Waals surface area contributed by atoms with Crippen LogP contribution in [0.4, 0.5) is 13.2 Å². The van der Waals surface area contributed by atoms with E-state index in [-0.39, 0.29) is 67.8 Å². The Kier molecular flexibility index (Phi) is 13.1. The Morgan fingerprint density at radius 3 is 2.42 bits per heavy atom. The van der Waals surface area contributed by atoms with Crippen LogP contribution in [0.1, 0.15) is 84.0 Å². The number of nitrogens with zero attached hydrogens (tertiary/aromatic N) is 3. The second-order valence-electron chi connectivity index (χ2n) is 12.9. The van der Waals surface area contributed by atoms with Crippen LogP contribution < -0.4 is 10.1 Å². The smallest absolute Gasteiger partial charge is 0.416 e. The Balaban J connectivity index is 1.36. The molecule has 1 saturated heterocycles. The first-order valence-electron chi connectivity index (χ1n) is 17.0. The van der Waals surface area contributed by atoms with E-state index in [0.29, 0.717) is 18.5 Å². The fourth-order valence-corrected chi connectivity index (χ4v) is 7.63. The molecule has 1 fully saturated rings. The molecule has 2 aliphatic heterocycles. The van der Waals surface area contributed by atoms with E-state index in [0.717, 1.165) is 55.4 Å². The number of hydrogen-bond acceptors (Lipinski definition) is 6. The fourth-order valence-electron chi connectivity index (χ4n) is 6.16. The Bertz CT molecular complexity index is 1700. The summed E-state index contributed by atoms with van der Waals surface area (Å²) in [6.45, 7) is 10.1. The van der Waals surface area contributed by atoms with Crippen LogP contribution in [0.15, 0.2) is 66.7 Å². The molecule has 2 heterocycles. The zero-order valence-electron chi connectivity index (χ0n) is 28.9. The number of aryl methyl sites for hydroxylation is 2. The Hall–Kier alpha value is -3.97. The highest BCUT2D eigenvalue weighted by molar-refractivity contribution is 7.89. The summed E-state index contributed by atoms with van der Waals surface area (Å²) in [5.74, 6) is -0.725. The van der Waals surface area contributed by atoms with Crippen molar-refractivity contribution < 1.29 is 35.9 Å². The molecule has 272 valence electrons. The van der Waals surface area contributed by atoms with E-state index in [1.54, 1.807) is 36.2 Å². The average molecular weight is 717 g/mol. The van der Waals surface area contributed by atoms with Gasteiger partial charge in [-0.3, -0.25) is 14.6 Å². The highest BCUT2D eigenvalue weighted by Gasteiger charge is 2.47. The lowest BCUT2D eigenvalue weighted by molar-refractivity contribution is -0.137. The molecule has 9 nitrogen and oxygen atoms in total. The first-order valence-corrected chi connectivity index (χ1v) is 18.6. The number of rotatable bonds is 17. The van der Waals surface area contributed by atoms with Crippen molar-refractivity contribution in [3.63, 3.8) is 0 Å². The number of nitrogens with one attached hydrogen (secondary N) is 1. The SMILES string of the molecule is C=CCCCCCCN(C)C(=O)c1ccc(CCS(=O)(=O)N2CCC3(CC2)N=C(c2cc(OCCC=C)cc(C(F)(F)F)c2)NC3=O)c(C)c1. The van der Waals surface area contributed by atoms with Crippen LogP contribution in [-0.4, -0.2) is 79.9 Å². The summed E-state index contributed by atoms with van der Waals surface area (Å²) in [6.07, 6.45) is 4.88. The van der Waals surface area contributed by atoms with Crippen LogP contribution >= 0.6 is 0 Å². The molecule has 2 aliphatic rings. The van der Waals surface area contributed by atoms with Gasteiger partial charge in [0.2, 0.25) is 10.0 Å². The van der Waals surface area contributed by atoms with Gasteiger partial charge in [-0.2, -0.15) is 13.2 Å². The van der Waals surface area contributed by atoms with Gasteiger partial charge in [-0.15, -0.1) is 13.2 Å². The number of allylic oxidation sites excluding steroid dienone is 1. The van der Waals surface area contributed by atoms with Crippen molar-refractivity contribution in [2.45, 2.75) is 76.4 Å². The molecule has 2 aromatic carbocycles. The minimum absolute atomic E-state index is 0.00572. The summed E-state index contributed by atoms with van der Waals surface area (Å²) in [6, 6.07) is 8.53. The lowest BCUT2D eigenvalue weighted by Gasteiger charge is -2.34. The number of sulfonamides is 1. The number of halogens is 3. The standard InChI is InChI=1S/C37H47F3N4O5S/c1-5-7-9-10-11-12-18-43(4)34(45)29-14-13-28(27(3)23-29)15-22-50(47,48)44-19-16-36(17-20-44)35(46)41-33(42-36)30-24-31(37(38,39)40)26-32(25-30)49-21-8-6-2/h5-6,13-14,23-26H,1-2,7-12,15-22H2,3-4H3,(H,41,42,46). The number of benzene rings is 2. The highest BCUT2D eigenvalue weighted by Crippen LogP contribution is 2.36. The van der Waals surface area contributed by atoms with Crippen molar-refractivity contribution in [1.82, 2.24) is 14.5 Å². The first-order chi connectivity index (χ1) is 23.7. The molecule has 0 aliphatic carbocycles. The van der Waals surface area contributed by atoms with Crippen LogP contribution in [0.2, 0.25) is 0 Å². The van der Waals surface area contributed by atoms with E-state index in [9.17, 15) is 31.2 Å². The molecule has 50 heavy (non-hydrogen) atoms. The highest BCUT2D eigenvalue weighted by atomic mass is 32.2. The maximum atomic E-state index is 13.7. The van der Waals surface area contributed by atoms with Crippen molar-refractivity contribution in [3.8, 4) is 5.75 Å². The fraction of sp³-hybridized carbons (Fsp3) is 0.486. The summed E-state index contributed by atoms with van der Waals surface area (Å²) in [5.41, 5.74) is 0.0417. The van der Waals surface area contributed by atoms with Gasteiger partial charge in [0, 0.05) is 37.8 Å². The number of piperidine rings is 1. The molecule has 0 radical (unpaired) electrons. The van der Waals surface area contributed by atoms with Gasteiger partial charge in [-0.05, 0) is 93.3 Å². The number of hydrogen-bond donors (Lipinski definition) is 1. The molecular formula is C37H47F3N4O5S. The van der Waals surface area contributed by atoms with Crippen LogP contribution in [0, 0.1) is 6.92 Å². The minimum atomic E-state index is -4.65. The van der Waals surface area contributed by atoms with Gasteiger partial charge in [0.15, 0.2) is 0 Å². The van der Waals surface area contributed by atoms with Gasteiger partial charge in [0.1, 0.15) is 17.1 Å². The summed E-state index contributed by atoms with van der Waals surface area (Å²) in [5, 5.41) is 2.62. The molecule has 1 spiro atoms. The summed E-state index contributed by atoms with van der Waals surface area (Å²) in [7, 11) is -1.91. The summed E-state index contributed by atoms with van der Waals surface area (Å²) >= 11 is 0. The number of unbranched alkanes of at least 4 members (excludes halogenated alkanes) is 4. The Labute approximate surface area is 293 Å². The predicted octanol–water partition coefficient (Wildman–Crippen LogP) is 6.46. The summed E-state index contributed by atoms with van der Waals surface area (Å²) < 4.78 is 74.6. The maximum Gasteiger partial charge on any atom is 0.416 e. The third kappa shape index (κ3) is 9.84. The van der Waals surface area contributed by atoms with Crippen molar-refractivity contribution in [1.29, 1.82) is 0 Å². The average Bonchev–Trinajstić information content (AvgIpc) is 3.39. The number of alkyl halides is 3. The molecule has 2 amide bonds. The maximum absolute atomic E-state index is 13.7. The lowest BCUT2D eigenvalue weighted by Crippen LogP contribution is -2.50. The number of carbonyl (C=O) groups excluding carboxylic acids is 2. The molecule has 0 bridgehead atoms. The largest absolute Gasteiger partial charge is 0.493 e.